The minimum Gasteiger partial charge on any atom is -0.444 e. The van der Waals surface area contributed by atoms with Crippen molar-refractivity contribution in [3.8, 4) is 0 Å². The fourth-order valence-electron chi connectivity index (χ4n) is 4.18. The highest BCUT2D eigenvalue weighted by Crippen LogP contribution is 2.20. The molecule has 5 atom stereocenters. The highest BCUT2D eigenvalue weighted by molar-refractivity contribution is 5.86. The van der Waals surface area contributed by atoms with E-state index in [1.807, 2.05) is 70.2 Å². The standard InChI is InChI=1S/C29H44N2O5/c1-8-19(4)25(31-28(35)36-29(5,6)7)27(34)30-23(26(33)24(32)15-18(2)3)17-20-13-14-21-11-9-10-12-22(21)16-20/h9-14,16,18-19,23-26,32-33H,8,15,17H2,1-7H3,(H,30,34)(H,31,35)/t19?,23-,24-,25-,26+/m0/s1. The maximum Gasteiger partial charge on any atom is 0.408 e. The van der Waals surface area contributed by atoms with Gasteiger partial charge in [0.1, 0.15) is 17.7 Å². The molecular formula is C29H44N2O5. The van der Waals surface area contributed by atoms with Crippen LogP contribution in [-0.4, -0.2) is 52.1 Å². The van der Waals surface area contributed by atoms with Gasteiger partial charge in [-0.25, -0.2) is 4.79 Å². The van der Waals surface area contributed by atoms with Crippen molar-refractivity contribution in [3.63, 3.8) is 0 Å². The number of carbonyl (C=O) groups is 2. The van der Waals surface area contributed by atoms with Crippen LogP contribution in [0.3, 0.4) is 0 Å². The van der Waals surface area contributed by atoms with Crippen LogP contribution >= 0.6 is 0 Å². The number of alkyl carbamates (subject to hydrolysis) is 1. The van der Waals surface area contributed by atoms with Crippen LogP contribution in [-0.2, 0) is 16.0 Å². The molecule has 7 heteroatoms. The zero-order valence-electron chi connectivity index (χ0n) is 22.7. The molecule has 0 aliphatic carbocycles. The summed E-state index contributed by atoms with van der Waals surface area (Å²) in [5, 5.41) is 29.6. The normalized spacial score (nSPS) is 16.2. The van der Waals surface area contributed by atoms with Gasteiger partial charge in [-0.05, 0) is 61.8 Å². The van der Waals surface area contributed by atoms with Crippen molar-refractivity contribution in [1.29, 1.82) is 0 Å². The van der Waals surface area contributed by atoms with E-state index in [9.17, 15) is 19.8 Å². The molecule has 0 fully saturated rings. The number of benzene rings is 2. The number of nitrogens with one attached hydrogen (secondary N) is 2. The molecule has 2 rings (SSSR count). The van der Waals surface area contributed by atoms with E-state index >= 15 is 0 Å². The first-order chi connectivity index (χ1) is 16.8. The number of ether oxygens (including phenoxy) is 1. The highest BCUT2D eigenvalue weighted by Gasteiger charge is 2.33. The molecule has 0 aromatic heterocycles. The van der Waals surface area contributed by atoms with Crippen LogP contribution < -0.4 is 10.6 Å². The monoisotopic (exact) mass is 500 g/mol. The second-order valence-corrected chi connectivity index (χ2v) is 11.2. The summed E-state index contributed by atoms with van der Waals surface area (Å²) in [5.74, 6) is -0.415. The smallest absolute Gasteiger partial charge is 0.408 e. The van der Waals surface area contributed by atoms with Gasteiger partial charge in [0.2, 0.25) is 5.91 Å². The third-order valence-electron chi connectivity index (χ3n) is 6.28. The summed E-state index contributed by atoms with van der Waals surface area (Å²) < 4.78 is 5.36. The van der Waals surface area contributed by atoms with Crippen molar-refractivity contribution in [2.45, 2.75) is 97.6 Å². The molecule has 0 spiro atoms. The van der Waals surface area contributed by atoms with E-state index in [-0.39, 0.29) is 11.8 Å². The topological polar surface area (TPSA) is 108 Å². The second kappa shape index (κ2) is 13.1. The number of fused-ring (bicyclic) bond motifs is 1. The first-order valence-corrected chi connectivity index (χ1v) is 12.9. The van der Waals surface area contributed by atoms with E-state index in [4.69, 9.17) is 4.74 Å². The molecule has 0 bridgehead atoms. The molecule has 0 saturated carbocycles. The molecule has 2 amide bonds. The van der Waals surface area contributed by atoms with Gasteiger partial charge in [0.25, 0.3) is 0 Å². The number of rotatable bonds is 11. The Kier molecular flexibility index (Phi) is 10.7. The Balaban J connectivity index is 2.29. The molecule has 36 heavy (non-hydrogen) atoms. The van der Waals surface area contributed by atoms with Crippen LogP contribution in [0, 0.1) is 11.8 Å². The average Bonchev–Trinajstić information content (AvgIpc) is 2.79. The third kappa shape index (κ3) is 9.10. The molecular weight excluding hydrogens is 456 g/mol. The lowest BCUT2D eigenvalue weighted by Gasteiger charge is -2.32. The van der Waals surface area contributed by atoms with E-state index < -0.39 is 41.9 Å². The summed E-state index contributed by atoms with van der Waals surface area (Å²) >= 11 is 0. The molecule has 0 aliphatic rings. The molecule has 2 aromatic rings. The van der Waals surface area contributed by atoms with E-state index in [2.05, 4.69) is 10.6 Å². The summed E-state index contributed by atoms with van der Waals surface area (Å²) in [7, 11) is 0. The number of amides is 2. The number of hydrogen-bond donors (Lipinski definition) is 4. The molecule has 7 nitrogen and oxygen atoms in total. The van der Waals surface area contributed by atoms with Crippen LogP contribution in [0.1, 0.15) is 66.9 Å². The molecule has 0 radical (unpaired) electrons. The van der Waals surface area contributed by atoms with Gasteiger partial charge in [-0.3, -0.25) is 4.79 Å². The van der Waals surface area contributed by atoms with Gasteiger partial charge >= 0.3 is 6.09 Å². The van der Waals surface area contributed by atoms with Gasteiger partial charge in [-0.2, -0.15) is 0 Å². The van der Waals surface area contributed by atoms with Crippen molar-refractivity contribution >= 4 is 22.8 Å². The fraction of sp³-hybridized carbons (Fsp3) is 0.586. The lowest BCUT2D eigenvalue weighted by molar-refractivity contribution is -0.126. The highest BCUT2D eigenvalue weighted by atomic mass is 16.6. The molecule has 1 unspecified atom stereocenters. The Bertz CT molecular complexity index is 1000. The number of aliphatic hydroxyl groups is 2. The van der Waals surface area contributed by atoms with Crippen LogP contribution in [0.15, 0.2) is 42.5 Å². The third-order valence-corrected chi connectivity index (χ3v) is 6.28. The first kappa shape index (κ1) is 29.6. The van der Waals surface area contributed by atoms with Crippen molar-refractivity contribution < 1.29 is 24.5 Å². The van der Waals surface area contributed by atoms with Gasteiger partial charge in [0.15, 0.2) is 0 Å². The Morgan fingerprint density at radius 3 is 2.19 bits per heavy atom. The van der Waals surface area contributed by atoms with Crippen molar-refractivity contribution in [2.24, 2.45) is 11.8 Å². The first-order valence-electron chi connectivity index (χ1n) is 12.9. The Hall–Kier alpha value is -2.64. The van der Waals surface area contributed by atoms with Gasteiger partial charge < -0.3 is 25.6 Å². The molecule has 200 valence electrons. The number of carbonyl (C=O) groups excluding carboxylic acids is 2. The van der Waals surface area contributed by atoms with Crippen LogP contribution in [0.25, 0.3) is 10.8 Å². The lowest BCUT2D eigenvalue weighted by Crippen LogP contribution is -2.57. The van der Waals surface area contributed by atoms with Crippen molar-refractivity contribution in [2.75, 3.05) is 0 Å². The second-order valence-electron chi connectivity index (χ2n) is 11.2. The predicted octanol–water partition coefficient (Wildman–Crippen LogP) is 4.57. The average molecular weight is 501 g/mol. The predicted molar refractivity (Wildman–Crippen MR) is 144 cm³/mol. The summed E-state index contributed by atoms with van der Waals surface area (Å²) in [6.45, 7) is 13.0. The largest absolute Gasteiger partial charge is 0.444 e. The van der Waals surface area contributed by atoms with Crippen LogP contribution in [0.4, 0.5) is 4.79 Å². The summed E-state index contributed by atoms with van der Waals surface area (Å²) in [6.07, 6.45) is -1.47. The summed E-state index contributed by atoms with van der Waals surface area (Å²) in [4.78, 5) is 25.9. The molecule has 0 heterocycles. The molecule has 0 aliphatic heterocycles. The van der Waals surface area contributed by atoms with Crippen molar-refractivity contribution in [1.82, 2.24) is 10.6 Å². The minimum absolute atomic E-state index is 0.170. The zero-order chi connectivity index (χ0) is 27.0. The van der Waals surface area contributed by atoms with E-state index in [1.54, 1.807) is 20.8 Å². The van der Waals surface area contributed by atoms with Gasteiger partial charge in [-0.1, -0.05) is 76.6 Å². The summed E-state index contributed by atoms with van der Waals surface area (Å²) in [5.41, 5.74) is 0.228. The maximum atomic E-state index is 13.4. The zero-order valence-corrected chi connectivity index (χ0v) is 22.7. The number of hydrogen-bond acceptors (Lipinski definition) is 5. The Labute approximate surface area is 215 Å². The molecule has 4 N–H and O–H groups in total. The molecule has 2 aromatic carbocycles. The summed E-state index contributed by atoms with van der Waals surface area (Å²) in [6, 6.07) is 12.4. The van der Waals surface area contributed by atoms with Gasteiger partial charge in [0, 0.05) is 0 Å². The van der Waals surface area contributed by atoms with Crippen LogP contribution in [0.5, 0.6) is 0 Å². The fourth-order valence-corrected chi connectivity index (χ4v) is 4.18. The van der Waals surface area contributed by atoms with E-state index in [1.165, 1.54) is 0 Å². The van der Waals surface area contributed by atoms with Crippen molar-refractivity contribution in [3.05, 3.63) is 48.0 Å². The lowest BCUT2D eigenvalue weighted by atomic mass is 9.91. The Morgan fingerprint density at radius 2 is 1.61 bits per heavy atom. The van der Waals surface area contributed by atoms with Gasteiger partial charge in [0.05, 0.1) is 12.1 Å². The molecule has 0 saturated heterocycles. The van der Waals surface area contributed by atoms with Crippen LogP contribution in [0.2, 0.25) is 0 Å². The minimum atomic E-state index is -1.18. The number of aliphatic hydroxyl groups excluding tert-OH is 2. The SMILES string of the molecule is CCC(C)[C@H](NC(=O)OC(C)(C)C)C(=O)N[C@@H](Cc1ccc2ccccc2c1)[C@@H](O)[C@@H](O)CC(C)C. The quantitative estimate of drug-likeness (QED) is 0.361. The Morgan fingerprint density at radius 1 is 0.972 bits per heavy atom. The van der Waals surface area contributed by atoms with E-state index in [0.717, 1.165) is 16.3 Å². The maximum absolute atomic E-state index is 13.4. The van der Waals surface area contributed by atoms with Gasteiger partial charge in [-0.15, -0.1) is 0 Å². The van der Waals surface area contributed by atoms with E-state index in [0.29, 0.717) is 19.3 Å².